The summed E-state index contributed by atoms with van der Waals surface area (Å²) >= 11 is 1.87. The maximum absolute atomic E-state index is 11.1. The minimum Gasteiger partial charge on any atom is -0.481 e. The van der Waals surface area contributed by atoms with E-state index in [1.807, 2.05) is 60.3 Å². The first-order chi connectivity index (χ1) is 24.6. The molecular weight excluding hydrogens is 671 g/mol. The van der Waals surface area contributed by atoms with Gasteiger partial charge in [-0.3, -0.25) is 15.6 Å². The summed E-state index contributed by atoms with van der Waals surface area (Å²) in [5, 5.41) is 32.9. The third kappa shape index (κ3) is 8.07. The molecule has 51 heavy (non-hydrogen) atoms. The van der Waals surface area contributed by atoms with Gasteiger partial charge in [0.1, 0.15) is 22.8 Å². The van der Waals surface area contributed by atoms with Gasteiger partial charge < -0.3 is 41.0 Å². The second kappa shape index (κ2) is 15.3. The second-order valence-corrected chi connectivity index (χ2v) is 13.5. The molecule has 0 spiro atoms. The summed E-state index contributed by atoms with van der Waals surface area (Å²) in [6, 6.07) is 24.4. The fourth-order valence-electron chi connectivity index (χ4n) is 6.22. The number of carbonyl (C=O) groups excluding carboxylic acids is 1. The molecule has 8 rings (SSSR count). The van der Waals surface area contributed by atoms with Gasteiger partial charge in [0.25, 0.3) is 0 Å². The van der Waals surface area contributed by atoms with Gasteiger partial charge in [0, 0.05) is 62.2 Å². The molecule has 2 aliphatic rings. The topological polar surface area (TPSA) is 237 Å². The molecule has 2 fully saturated rings. The van der Waals surface area contributed by atoms with E-state index in [9.17, 15) is 14.4 Å². The van der Waals surface area contributed by atoms with Gasteiger partial charge in [0.15, 0.2) is 0 Å². The highest BCUT2D eigenvalue weighted by Gasteiger charge is 2.42. The molecule has 262 valence electrons. The van der Waals surface area contributed by atoms with E-state index in [4.69, 9.17) is 36.2 Å². The first kappa shape index (κ1) is 34.8. The van der Waals surface area contributed by atoms with Crippen LogP contribution < -0.4 is 27.7 Å². The highest BCUT2D eigenvalue weighted by Crippen LogP contribution is 2.33. The molecule has 0 radical (unpaired) electrons. The summed E-state index contributed by atoms with van der Waals surface area (Å²) < 4.78 is 10.3. The number of aromatic amines is 1. The lowest BCUT2D eigenvalue weighted by atomic mass is 10.00. The van der Waals surface area contributed by atoms with E-state index in [-0.39, 0.29) is 41.8 Å². The number of H-pyrrole nitrogens is 1. The molecule has 3 aromatic heterocycles. The number of nitrogens with one attached hydrogen (secondary N) is 5. The number of fused-ring (bicyclic) bond motifs is 5. The van der Waals surface area contributed by atoms with Crippen LogP contribution in [0.4, 0.5) is 4.79 Å². The quantitative estimate of drug-likeness (QED) is 0.0316. The monoisotopic (exact) mass is 707 g/mol. The fourth-order valence-corrected chi connectivity index (χ4v) is 7.77. The van der Waals surface area contributed by atoms with Gasteiger partial charge in [-0.1, -0.05) is 36.8 Å². The second-order valence-electron chi connectivity index (χ2n) is 12.2. The molecule has 3 atom stereocenters. The molecule has 0 saturated carbocycles. The zero-order valence-electron chi connectivity index (χ0n) is 27.4. The summed E-state index contributed by atoms with van der Waals surface area (Å²) in [4.78, 5) is 35.8. The molecule has 2 saturated heterocycles. The van der Waals surface area contributed by atoms with Gasteiger partial charge in [-0.15, -0.1) is 0 Å². The molecule has 10 N–H and O–H groups in total. The van der Waals surface area contributed by atoms with Gasteiger partial charge in [-0.2, -0.15) is 11.8 Å². The third-order valence-electron chi connectivity index (χ3n) is 8.73. The minimum absolute atomic E-state index is 0.0410. The number of amidine groups is 2. The number of hydrogen-bond acceptors (Lipinski definition) is 8. The molecule has 13 nitrogen and oxygen atoms in total. The number of urea groups is 1. The van der Waals surface area contributed by atoms with Gasteiger partial charge in [0.2, 0.25) is 0 Å². The highest BCUT2D eigenvalue weighted by molar-refractivity contribution is 8.00. The number of aromatic nitrogens is 1. The molecule has 0 unspecified atom stereocenters. The molecule has 0 aliphatic carbocycles. The first-order valence-electron chi connectivity index (χ1n) is 16.3. The standard InChI is InChI=1S/C16H15N5.C11H6O3.C10H16N2O3S/c17-15(18)10-5-6-11(12(7-10)16(19)20)14-8-9-3-1-2-4-13(9)21-14;12-10-4-2-7-1-3-9-8(5-6-13-9)11(7)14-10;13-8(14)4-2-1-3-7-9-6(5-16-7)11-10(15)12-9/h1-8,21H,(H3,17,18)(H3,19,20);1-6H;6-7,9H,1-5H2,(H,13,14)(H2,11,12,15)/t;;6-,7-,9-/m..0/s1. The summed E-state index contributed by atoms with van der Waals surface area (Å²) in [5.74, 6) is 0.146. The van der Waals surface area contributed by atoms with Crippen molar-refractivity contribution in [2.75, 3.05) is 5.75 Å². The number of para-hydroxylation sites is 1. The van der Waals surface area contributed by atoms with Crippen molar-refractivity contribution < 1.29 is 23.5 Å². The molecule has 2 aliphatic heterocycles. The predicted molar refractivity (Wildman–Crippen MR) is 200 cm³/mol. The lowest BCUT2D eigenvalue weighted by Gasteiger charge is -2.16. The Morgan fingerprint density at radius 1 is 0.922 bits per heavy atom. The number of hydrogen-bond donors (Lipinski definition) is 8. The Hall–Kier alpha value is -6.02. The van der Waals surface area contributed by atoms with Gasteiger partial charge in [-0.05, 0) is 55.3 Å². The fraction of sp³-hybridized carbons (Fsp3) is 0.216. The average molecular weight is 708 g/mol. The number of carboxylic acids is 1. The Labute approximate surface area is 295 Å². The van der Waals surface area contributed by atoms with E-state index in [2.05, 4.69) is 15.6 Å². The van der Waals surface area contributed by atoms with E-state index in [1.54, 1.807) is 30.5 Å². The lowest BCUT2D eigenvalue weighted by molar-refractivity contribution is -0.137. The van der Waals surface area contributed by atoms with Crippen LogP contribution in [0.15, 0.2) is 98.8 Å². The Balaban J connectivity index is 0.000000135. The highest BCUT2D eigenvalue weighted by atomic mass is 32.2. The predicted octanol–water partition coefficient (Wildman–Crippen LogP) is 5.74. The molecule has 3 aromatic carbocycles. The summed E-state index contributed by atoms with van der Waals surface area (Å²) in [6.07, 6.45) is 4.46. The van der Waals surface area contributed by atoms with Crippen molar-refractivity contribution in [3.63, 3.8) is 0 Å². The molecule has 6 aromatic rings. The van der Waals surface area contributed by atoms with Crippen molar-refractivity contribution >= 4 is 68.3 Å². The molecule has 2 amide bonds. The van der Waals surface area contributed by atoms with E-state index in [0.29, 0.717) is 22.0 Å². The van der Waals surface area contributed by atoms with Crippen LogP contribution in [0.5, 0.6) is 0 Å². The Kier molecular flexibility index (Phi) is 10.4. The molecule has 14 heteroatoms. The van der Waals surface area contributed by atoms with Crippen LogP contribution in [0, 0.1) is 10.8 Å². The van der Waals surface area contributed by atoms with Crippen molar-refractivity contribution in [1.29, 1.82) is 10.8 Å². The number of benzene rings is 3. The number of rotatable bonds is 8. The zero-order chi connectivity index (χ0) is 36.1. The zero-order valence-corrected chi connectivity index (χ0v) is 28.2. The van der Waals surface area contributed by atoms with Gasteiger partial charge in [-0.25, -0.2) is 9.59 Å². The van der Waals surface area contributed by atoms with Crippen LogP contribution in [0.1, 0.15) is 36.8 Å². The maximum Gasteiger partial charge on any atom is 0.336 e. The third-order valence-corrected chi connectivity index (χ3v) is 10.2. The van der Waals surface area contributed by atoms with Crippen molar-refractivity contribution in [1.82, 2.24) is 15.6 Å². The van der Waals surface area contributed by atoms with Crippen molar-refractivity contribution in [3.05, 3.63) is 107 Å². The van der Waals surface area contributed by atoms with Crippen LogP contribution in [-0.4, -0.2) is 56.8 Å². The number of nitrogens with two attached hydrogens (primary N) is 2. The van der Waals surface area contributed by atoms with E-state index in [1.165, 1.54) is 6.07 Å². The SMILES string of the molecule is N=C(N)c1ccc(-c2cc3ccccc3[nH]2)c(C(=N)N)c1.O=C(O)CCCC[C@@H]1SC[C@@H]2NC(=O)N[C@@H]21.O=c1ccc2ccc3occc3c2o1. The Morgan fingerprint density at radius 2 is 1.73 bits per heavy atom. The number of aliphatic carboxylic acids is 1. The van der Waals surface area contributed by atoms with E-state index >= 15 is 0 Å². The maximum atomic E-state index is 11.1. The first-order valence-corrected chi connectivity index (χ1v) is 17.3. The number of nitrogen functional groups attached to an aromatic ring is 2. The molecule has 5 heterocycles. The smallest absolute Gasteiger partial charge is 0.336 e. The Morgan fingerprint density at radius 3 is 2.49 bits per heavy atom. The molecule has 0 bridgehead atoms. The van der Waals surface area contributed by atoms with Gasteiger partial charge in [0.05, 0.1) is 23.7 Å². The Bertz CT molecular complexity index is 2280. The normalized spacial score (nSPS) is 17.5. The van der Waals surface area contributed by atoms with Crippen molar-refractivity contribution in [2.45, 2.75) is 43.0 Å². The van der Waals surface area contributed by atoms with Crippen LogP contribution in [0.3, 0.4) is 0 Å². The number of thioether (sulfide) groups is 1. The van der Waals surface area contributed by atoms with Gasteiger partial charge >= 0.3 is 17.6 Å². The van der Waals surface area contributed by atoms with Crippen LogP contribution >= 0.6 is 11.8 Å². The van der Waals surface area contributed by atoms with Crippen molar-refractivity contribution in [2.24, 2.45) is 11.5 Å². The molecular formula is C37H37N7O6S. The number of amides is 2. The lowest BCUT2D eigenvalue weighted by Crippen LogP contribution is -2.36. The van der Waals surface area contributed by atoms with Crippen LogP contribution in [0.2, 0.25) is 0 Å². The largest absolute Gasteiger partial charge is 0.481 e. The summed E-state index contributed by atoms with van der Waals surface area (Å²) in [6.45, 7) is 0. The van der Waals surface area contributed by atoms with E-state index < -0.39 is 5.97 Å². The number of unbranched alkanes of at least 4 members (excludes halogenated alkanes) is 1. The average Bonchev–Trinajstić information content (AvgIpc) is 3.91. The van der Waals surface area contributed by atoms with Crippen LogP contribution in [0.25, 0.3) is 44.1 Å². The number of carbonyl (C=O) groups is 2. The minimum atomic E-state index is -0.729. The van der Waals surface area contributed by atoms with Crippen molar-refractivity contribution in [3.8, 4) is 11.3 Å². The summed E-state index contributed by atoms with van der Waals surface area (Å²) in [7, 11) is 0. The number of carboxylic acid groups (broad SMARTS) is 1. The van der Waals surface area contributed by atoms with Crippen LogP contribution in [-0.2, 0) is 4.79 Å². The van der Waals surface area contributed by atoms with E-state index in [0.717, 1.165) is 63.5 Å². The summed E-state index contributed by atoms with van der Waals surface area (Å²) in [5.41, 5.74) is 16.0. The number of furan rings is 1.